The summed E-state index contributed by atoms with van der Waals surface area (Å²) in [6.45, 7) is -0.00588. The van der Waals surface area contributed by atoms with E-state index in [1.807, 2.05) is 0 Å². The lowest BCUT2D eigenvalue weighted by atomic mass is 10.2. The van der Waals surface area contributed by atoms with Gasteiger partial charge in [0.15, 0.2) is 11.5 Å². The Morgan fingerprint density at radius 1 is 1.12 bits per heavy atom. The smallest absolute Gasteiger partial charge is 0.425 e. The van der Waals surface area contributed by atoms with Gasteiger partial charge < -0.3 is 14.4 Å². The monoisotopic (exact) mass is 480 g/mol. The van der Waals surface area contributed by atoms with Gasteiger partial charge in [-0.1, -0.05) is 29.8 Å². The van der Waals surface area contributed by atoms with Gasteiger partial charge in [-0.15, -0.1) is 13.2 Å². The predicted molar refractivity (Wildman–Crippen MR) is 112 cm³/mol. The van der Waals surface area contributed by atoms with Gasteiger partial charge in [-0.25, -0.2) is 0 Å². The number of imidazole rings is 1. The molecule has 4 rings (SSSR count). The second-order valence-corrected chi connectivity index (χ2v) is 7.57. The van der Waals surface area contributed by atoms with Crippen LogP contribution in [0.2, 0.25) is 5.02 Å². The van der Waals surface area contributed by atoms with Crippen molar-refractivity contribution in [3.05, 3.63) is 64.8 Å². The zero-order chi connectivity index (χ0) is 23.8. The maximum atomic E-state index is 12.8. The molecular weight excluding hydrogens is 465 g/mol. The van der Waals surface area contributed by atoms with Crippen molar-refractivity contribution in [2.45, 2.75) is 12.9 Å². The number of hydrogen-bond acceptors (Lipinski definition) is 6. The van der Waals surface area contributed by atoms with Crippen LogP contribution in [-0.2, 0) is 11.3 Å². The molecule has 12 heteroatoms. The number of imide groups is 1. The molecule has 1 aromatic heterocycles. The van der Waals surface area contributed by atoms with E-state index in [2.05, 4.69) is 15.0 Å². The van der Waals surface area contributed by atoms with E-state index in [4.69, 9.17) is 16.3 Å². The summed E-state index contributed by atoms with van der Waals surface area (Å²) in [5, 5.41) is 2.79. The number of nitrogens with one attached hydrogen (secondary N) is 1. The zero-order valence-corrected chi connectivity index (χ0v) is 17.8. The number of likely N-dealkylation sites (N-methyl/N-ethyl adjacent to an activating group) is 1. The molecule has 33 heavy (non-hydrogen) atoms. The van der Waals surface area contributed by atoms with E-state index in [0.29, 0.717) is 5.02 Å². The summed E-state index contributed by atoms with van der Waals surface area (Å²) < 4.78 is 48.9. The third-order valence-electron chi connectivity index (χ3n) is 4.63. The van der Waals surface area contributed by atoms with Crippen molar-refractivity contribution < 1.29 is 32.2 Å². The number of ether oxygens (including phenoxy) is 2. The van der Waals surface area contributed by atoms with Gasteiger partial charge in [0, 0.05) is 18.1 Å². The van der Waals surface area contributed by atoms with Crippen molar-refractivity contribution in [1.29, 1.82) is 0 Å². The molecule has 0 saturated heterocycles. The minimum atomic E-state index is -4.86. The number of alkyl halides is 3. The summed E-state index contributed by atoms with van der Waals surface area (Å²) in [7, 11) is 1.58. The van der Waals surface area contributed by atoms with Crippen molar-refractivity contribution >= 4 is 29.2 Å². The lowest BCUT2D eigenvalue weighted by Crippen LogP contribution is -2.35. The van der Waals surface area contributed by atoms with E-state index in [9.17, 15) is 22.8 Å². The SMILES string of the molecule is CN1CC(=O)NC(=O)c2c1nc(Oc1cccc(OC(F)(F)F)c1)n2Cc1ccc(Cl)cc1. The molecule has 2 aromatic carbocycles. The van der Waals surface area contributed by atoms with Crippen LogP contribution in [0.4, 0.5) is 19.0 Å². The topological polar surface area (TPSA) is 85.7 Å². The molecule has 0 unspecified atom stereocenters. The Morgan fingerprint density at radius 2 is 1.82 bits per heavy atom. The maximum Gasteiger partial charge on any atom is 0.573 e. The number of nitrogens with zero attached hydrogens (tertiary/aromatic N) is 3. The molecule has 1 aliphatic rings. The second-order valence-electron chi connectivity index (χ2n) is 7.14. The predicted octanol–water partition coefficient (Wildman–Crippen LogP) is 3.98. The number of hydrogen-bond donors (Lipinski definition) is 1. The first kappa shape index (κ1) is 22.5. The van der Waals surface area contributed by atoms with Crippen LogP contribution < -0.4 is 19.7 Å². The Morgan fingerprint density at radius 3 is 2.52 bits per heavy atom. The Labute approximate surface area is 190 Å². The first-order valence-electron chi connectivity index (χ1n) is 9.53. The van der Waals surface area contributed by atoms with Gasteiger partial charge in [-0.3, -0.25) is 19.5 Å². The number of anilines is 1. The third kappa shape index (κ3) is 5.20. The van der Waals surface area contributed by atoms with E-state index in [1.165, 1.54) is 21.6 Å². The largest absolute Gasteiger partial charge is 0.573 e. The van der Waals surface area contributed by atoms with Crippen molar-refractivity contribution in [3.8, 4) is 17.5 Å². The average Bonchev–Trinajstić information content (AvgIpc) is 3.01. The van der Waals surface area contributed by atoms with Crippen LogP contribution in [0, 0.1) is 0 Å². The number of fused-ring (bicyclic) bond motifs is 1. The number of carbonyl (C=O) groups excluding carboxylic acids is 2. The highest BCUT2D eigenvalue weighted by Crippen LogP contribution is 2.33. The Kier molecular flexibility index (Phi) is 5.90. The number of rotatable bonds is 5. The van der Waals surface area contributed by atoms with E-state index >= 15 is 0 Å². The van der Waals surface area contributed by atoms with Gasteiger partial charge >= 0.3 is 12.4 Å². The van der Waals surface area contributed by atoms with E-state index in [1.54, 1.807) is 31.3 Å². The molecule has 2 amide bonds. The van der Waals surface area contributed by atoms with E-state index in [-0.39, 0.29) is 36.4 Å². The van der Waals surface area contributed by atoms with Crippen LogP contribution in [0.3, 0.4) is 0 Å². The summed E-state index contributed by atoms with van der Waals surface area (Å²) in [4.78, 5) is 30.5. The molecular formula is C21H16ClF3N4O4. The van der Waals surface area contributed by atoms with Crippen LogP contribution >= 0.6 is 11.6 Å². The number of benzene rings is 2. The number of amides is 2. The van der Waals surface area contributed by atoms with Gasteiger partial charge in [0.05, 0.1) is 13.1 Å². The van der Waals surface area contributed by atoms with Gasteiger partial charge in [-0.2, -0.15) is 4.98 Å². The zero-order valence-electron chi connectivity index (χ0n) is 17.0. The van der Waals surface area contributed by atoms with Crippen molar-refractivity contribution in [2.75, 3.05) is 18.5 Å². The van der Waals surface area contributed by atoms with Crippen molar-refractivity contribution in [3.63, 3.8) is 0 Å². The first-order chi connectivity index (χ1) is 15.6. The Hall–Kier alpha value is -3.73. The number of carbonyl (C=O) groups is 2. The van der Waals surface area contributed by atoms with Crippen molar-refractivity contribution in [1.82, 2.24) is 14.9 Å². The van der Waals surface area contributed by atoms with Gasteiger partial charge in [-0.05, 0) is 29.8 Å². The molecule has 0 bridgehead atoms. The molecule has 1 aliphatic heterocycles. The Balaban J connectivity index is 1.75. The molecule has 3 aromatic rings. The van der Waals surface area contributed by atoms with Gasteiger partial charge in [0.1, 0.15) is 11.5 Å². The quantitative estimate of drug-likeness (QED) is 0.556. The summed E-state index contributed by atoms with van der Waals surface area (Å²) in [5.41, 5.74) is 0.806. The molecule has 8 nitrogen and oxygen atoms in total. The summed E-state index contributed by atoms with van der Waals surface area (Å²) in [5.74, 6) is -1.46. The summed E-state index contributed by atoms with van der Waals surface area (Å²) in [6.07, 6.45) is -4.86. The maximum absolute atomic E-state index is 12.8. The van der Waals surface area contributed by atoms with Crippen LogP contribution in [0.25, 0.3) is 0 Å². The van der Waals surface area contributed by atoms with Crippen LogP contribution in [-0.4, -0.2) is 41.3 Å². The lowest BCUT2D eigenvalue weighted by molar-refractivity contribution is -0.274. The van der Waals surface area contributed by atoms with E-state index in [0.717, 1.165) is 17.7 Å². The van der Waals surface area contributed by atoms with Crippen molar-refractivity contribution in [2.24, 2.45) is 0 Å². The highest BCUT2D eigenvalue weighted by molar-refractivity contribution is 6.30. The second kappa shape index (κ2) is 8.66. The minimum absolute atomic E-state index is 0.00778. The fourth-order valence-electron chi connectivity index (χ4n) is 3.26. The molecule has 0 aliphatic carbocycles. The molecule has 0 spiro atoms. The van der Waals surface area contributed by atoms with Crippen LogP contribution in [0.15, 0.2) is 48.5 Å². The van der Waals surface area contributed by atoms with Gasteiger partial charge in [0.25, 0.3) is 5.91 Å². The van der Waals surface area contributed by atoms with E-state index < -0.39 is 23.9 Å². The first-order valence-corrected chi connectivity index (χ1v) is 9.91. The molecule has 0 saturated carbocycles. The van der Waals surface area contributed by atoms with Gasteiger partial charge in [0.2, 0.25) is 5.91 Å². The summed E-state index contributed by atoms with van der Waals surface area (Å²) in [6, 6.07) is 11.7. The fourth-order valence-corrected chi connectivity index (χ4v) is 3.39. The normalized spacial score (nSPS) is 13.9. The highest BCUT2D eigenvalue weighted by Gasteiger charge is 2.33. The average molecular weight is 481 g/mol. The number of halogens is 4. The molecule has 2 heterocycles. The molecule has 0 atom stereocenters. The standard InChI is InChI=1S/C21H16ClF3N4O4/c1-28-11-16(30)26-19(31)17-18(28)27-20(29(17)10-12-5-7-13(22)8-6-12)32-14-3-2-4-15(9-14)33-21(23,24)25/h2-9H,10-11H2,1H3,(H,26,30,31). The van der Waals surface area contributed by atoms with Crippen LogP contribution in [0.1, 0.15) is 16.1 Å². The summed E-state index contributed by atoms with van der Waals surface area (Å²) >= 11 is 5.94. The molecule has 0 fully saturated rings. The molecule has 172 valence electrons. The fraction of sp³-hybridized carbons (Fsp3) is 0.190. The molecule has 0 radical (unpaired) electrons. The highest BCUT2D eigenvalue weighted by atomic mass is 35.5. The number of aromatic nitrogens is 2. The van der Waals surface area contributed by atoms with Crippen LogP contribution in [0.5, 0.6) is 17.5 Å². The minimum Gasteiger partial charge on any atom is -0.425 e. The Bertz CT molecular complexity index is 1210. The lowest BCUT2D eigenvalue weighted by Gasteiger charge is -2.13. The third-order valence-corrected chi connectivity index (χ3v) is 4.88. The molecule has 1 N–H and O–H groups in total.